The fourth-order valence-corrected chi connectivity index (χ4v) is 7.81. The second-order valence-corrected chi connectivity index (χ2v) is 13.2. The molecular formula is C49H31NO2. The molecule has 2 aromatic heterocycles. The Morgan fingerprint density at radius 1 is 0.365 bits per heavy atom. The van der Waals surface area contributed by atoms with Gasteiger partial charge in [0.1, 0.15) is 5.58 Å². The minimum absolute atomic E-state index is 0.00360. The van der Waals surface area contributed by atoms with Gasteiger partial charge in [0.05, 0.1) is 16.7 Å². The number of pyridine rings is 1. The van der Waals surface area contributed by atoms with E-state index in [9.17, 15) is 4.79 Å². The van der Waals surface area contributed by atoms with Crippen LogP contribution in [0, 0.1) is 0 Å². The summed E-state index contributed by atoms with van der Waals surface area (Å²) in [6.45, 7) is 0. The van der Waals surface area contributed by atoms with Crippen molar-refractivity contribution in [2.75, 3.05) is 0 Å². The number of hydrogen-bond acceptors (Lipinski definition) is 2. The maximum atomic E-state index is 14.9. The fourth-order valence-electron chi connectivity index (χ4n) is 7.81. The molecule has 0 unspecified atom stereocenters. The molecule has 52 heavy (non-hydrogen) atoms. The van der Waals surface area contributed by atoms with Gasteiger partial charge >= 0.3 is 0 Å². The van der Waals surface area contributed by atoms with Crippen LogP contribution in [0.2, 0.25) is 0 Å². The van der Waals surface area contributed by atoms with Crippen LogP contribution in [0.25, 0.3) is 93.9 Å². The number of rotatable bonds is 5. The number of fused-ring (bicyclic) bond motifs is 5. The first-order chi connectivity index (χ1) is 25.7. The molecule has 244 valence electrons. The summed E-state index contributed by atoms with van der Waals surface area (Å²) in [6, 6.07) is 64.6. The lowest BCUT2D eigenvalue weighted by Gasteiger charge is -2.18. The summed E-state index contributed by atoms with van der Waals surface area (Å²) in [7, 11) is 0. The van der Waals surface area contributed by atoms with Crippen molar-refractivity contribution in [2.24, 2.45) is 0 Å². The Labute approximate surface area is 300 Å². The second kappa shape index (κ2) is 12.1. The van der Waals surface area contributed by atoms with Crippen molar-refractivity contribution in [2.45, 2.75) is 0 Å². The van der Waals surface area contributed by atoms with Gasteiger partial charge in [-0.15, -0.1) is 0 Å². The molecule has 0 amide bonds. The van der Waals surface area contributed by atoms with Crippen molar-refractivity contribution in [3.05, 3.63) is 198 Å². The summed E-state index contributed by atoms with van der Waals surface area (Å²) in [5.41, 5.74) is 12.8. The molecule has 0 saturated carbocycles. The molecule has 0 atom stereocenters. The number of aromatic nitrogens is 1. The van der Waals surface area contributed by atoms with Crippen molar-refractivity contribution >= 4 is 43.7 Å². The third-order valence-corrected chi connectivity index (χ3v) is 10.2. The van der Waals surface area contributed by atoms with E-state index in [1.54, 1.807) is 0 Å². The first-order valence-electron chi connectivity index (χ1n) is 17.6. The molecule has 2 heterocycles. The first kappa shape index (κ1) is 29.9. The van der Waals surface area contributed by atoms with Crippen LogP contribution in [0.5, 0.6) is 0 Å². The predicted molar refractivity (Wildman–Crippen MR) is 216 cm³/mol. The third kappa shape index (κ3) is 4.79. The summed E-state index contributed by atoms with van der Waals surface area (Å²) >= 11 is 0. The number of furan rings is 1. The van der Waals surface area contributed by atoms with Crippen LogP contribution < -0.4 is 5.43 Å². The quantitative estimate of drug-likeness (QED) is 0.172. The smallest absolute Gasteiger partial charge is 0.197 e. The van der Waals surface area contributed by atoms with Gasteiger partial charge in [0.2, 0.25) is 0 Å². The Kier molecular flexibility index (Phi) is 6.97. The zero-order valence-electron chi connectivity index (χ0n) is 28.2. The highest BCUT2D eigenvalue weighted by molar-refractivity contribution is 6.09. The first-order valence-corrected chi connectivity index (χ1v) is 17.6. The molecular weight excluding hydrogens is 635 g/mol. The molecule has 8 aromatic carbocycles. The second-order valence-electron chi connectivity index (χ2n) is 13.2. The topological polar surface area (TPSA) is 35.1 Å². The van der Waals surface area contributed by atoms with Gasteiger partial charge in [-0.25, -0.2) is 0 Å². The van der Waals surface area contributed by atoms with Crippen LogP contribution in [0.15, 0.2) is 197 Å². The molecule has 10 aromatic rings. The maximum absolute atomic E-state index is 14.9. The van der Waals surface area contributed by atoms with E-state index in [1.165, 1.54) is 0 Å². The van der Waals surface area contributed by atoms with Crippen LogP contribution in [0.4, 0.5) is 0 Å². The number of hydrogen-bond donors (Lipinski definition) is 0. The molecule has 0 aliphatic rings. The van der Waals surface area contributed by atoms with Crippen molar-refractivity contribution < 1.29 is 4.42 Å². The van der Waals surface area contributed by atoms with E-state index >= 15 is 0 Å². The molecule has 3 nitrogen and oxygen atoms in total. The summed E-state index contributed by atoms with van der Waals surface area (Å²) in [4.78, 5) is 14.9. The van der Waals surface area contributed by atoms with Crippen LogP contribution in [-0.4, -0.2) is 4.57 Å². The van der Waals surface area contributed by atoms with Gasteiger partial charge in [0, 0.05) is 21.5 Å². The normalized spacial score (nSPS) is 11.5. The van der Waals surface area contributed by atoms with Crippen molar-refractivity contribution in [1.82, 2.24) is 4.57 Å². The number of para-hydroxylation sites is 2. The van der Waals surface area contributed by atoms with E-state index in [2.05, 4.69) is 162 Å². The summed E-state index contributed by atoms with van der Waals surface area (Å²) in [5, 5.41) is 3.40. The standard InChI is InChI=1S/C49H31NO2/c51-48-42-30-34(38-20-9-7-18-36(38)32-14-3-1-4-15-32)26-28-44(42)50(46-24-13-23-41-40-22-11-12-25-47(40)52-49(41)46)45-29-27-35(31-43(45)48)39-21-10-8-19-37(39)33-16-5-2-6-17-33/h1-31H. The molecule has 0 radical (unpaired) electrons. The maximum Gasteiger partial charge on any atom is 0.197 e. The monoisotopic (exact) mass is 665 g/mol. The molecule has 10 rings (SSSR count). The summed E-state index contributed by atoms with van der Waals surface area (Å²) in [5.74, 6) is 0. The largest absolute Gasteiger partial charge is 0.454 e. The Morgan fingerprint density at radius 2 is 0.827 bits per heavy atom. The van der Waals surface area contributed by atoms with Crippen molar-refractivity contribution in [3.63, 3.8) is 0 Å². The van der Waals surface area contributed by atoms with Crippen molar-refractivity contribution in [3.8, 4) is 50.2 Å². The molecule has 3 heteroatoms. The molecule has 0 saturated heterocycles. The molecule has 0 N–H and O–H groups in total. The lowest BCUT2D eigenvalue weighted by atomic mass is 9.92. The highest BCUT2D eigenvalue weighted by Gasteiger charge is 2.20. The Morgan fingerprint density at radius 3 is 1.38 bits per heavy atom. The van der Waals surface area contributed by atoms with Gasteiger partial charge in [0.25, 0.3) is 0 Å². The van der Waals surface area contributed by atoms with Gasteiger partial charge in [0.15, 0.2) is 11.0 Å². The highest BCUT2D eigenvalue weighted by Crippen LogP contribution is 2.39. The van der Waals surface area contributed by atoms with Crippen molar-refractivity contribution in [1.29, 1.82) is 0 Å². The fraction of sp³-hybridized carbons (Fsp3) is 0. The summed E-state index contributed by atoms with van der Waals surface area (Å²) < 4.78 is 8.79. The third-order valence-electron chi connectivity index (χ3n) is 10.2. The van der Waals surface area contributed by atoms with E-state index < -0.39 is 0 Å². The number of benzene rings is 8. The van der Waals surface area contributed by atoms with E-state index in [0.29, 0.717) is 10.8 Å². The summed E-state index contributed by atoms with van der Waals surface area (Å²) in [6.07, 6.45) is 0. The van der Waals surface area contributed by atoms with E-state index in [0.717, 1.165) is 83.2 Å². The van der Waals surface area contributed by atoms with Gasteiger partial charge < -0.3 is 8.98 Å². The van der Waals surface area contributed by atoms with Gasteiger partial charge in [-0.1, -0.05) is 152 Å². The average molecular weight is 666 g/mol. The minimum Gasteiger partial charge on any atom is -0.454 e. The lowest BCUT2D eigenvalue weighted by Crippen LogP contribution is -2.11. The van der Waals surface area contributed by atoms with Gasteiger partial charge in [-0.05, 0) is 80.9 Å². The van der Waals surface area contributed by atoms with Crippen LogP contribution in [0.3, 0.4) is 0 Å². The minimum atomic E-state index is -0.00360. The lowest BCUT2D eigenvalue weighted by molar-refractivity contribution is 0.666. The SMILES string of the molecule is O=c1c2cc(-c3ccccc3-c3ccccc3)ccc2n(-c2cccc3c2oc2ccccc23)c2ccc(-c3ccccc3-c3ccccc3)cc12. The molecule has 0 fully saturated rings. The molecule has 0 spiro atoms. The molecule has 0 bridgehead atoms. The molecule has 0 aliphatic carbocycles. The Hall–Kier alpha value is -6.97. The van der Waals surface area contributed by atoms with Crippen LogP contribution in [-0.2, 0) is 0 Å². The van der Waals surface area contributed by atoms with Crippen LogP contribution >= 0.6 is 0 Å². The van der Waals surface area contributed by atoms with Crippen LogP contribution in [0.1, 0.15) is 0 Å². The van der Waals surface area contributed by atoms with Gasteiger partial charge in [-0.3, -0.25) is 4.79 Å². The van der Waals surface area contributed by atoms with Gasteiger partial charge in [-0.2, -0.15) is 0 Å². The van der Waals surface area contributed by atoms with E-state index in [4.69, 9.17) is 4.42 Å². The Bertz CT molecular complexity index is 2880. The highest BCUT2D eigenvalue weighted by atomic mass is 16.3. The Balaban J connectivity index is 1.28. The zero-order valence-corrected chi connectivity index (χ0v) is 28.2. The predicted octanol–water partition coefficient (Wildman–Crippen LogP) is 12.7. The number of nitrogens with zero attached hydrogens (tertiary/aromatic N) is 1. The zero-order chi connectivity index (χ0) is 34.6. The van der Waals surface area contributed by atoms with E-state index in [1.807, 2.05) is 30.3 Å². The van der Waals surface area contributed by atoms with E-state index in [-0.39, 0.29) is 5.43 Å². The molecule has 0 aliphatic heterocycles. The average Bonchev–Trinajstić information content (AvgIpc) is 3.61.